The molecule has 1 N–H and O–H groups in total. The molecule has 0 bridgehead atoms. The largest absolute Gasteiger partial charge is 0.490 e. The minimum atomic E-state index is 0.449. The molecule has 0 atom stereocenters. The quantitative estimate of drug-likeness (QED) is 0.916. The average Bonchev–Trinajstić information content (AvgIpc) is 2.74. The van der Waals surface area contributed by atoms with Crippen molar-refractivity contribution < 1.29 is 14.2 Å². The number of hydrogen-bond donors (Lipinski definition) is 1. The zero-order valence-electron chi connectivity index (χ0n) is 11.4. The van der Waals surface area contributed by atoms with E-state index in [1.165, 1.54) is 0 Å². The van der Waals surface area contributed by atoms with Gasteiger partial charge in [0.05, 0.1) is 31.0 Å². The third-order valence-electron chi connectivity index (χ3n) is 2.91. The van der Waals surface area contributed by atoms with E-state index in [0.29, 0.717) is 29.5 Å². The Morgan fingerprint density at radius 2 is 2.05 bits per heavy atom. The van der Waals surface area contributed by atoms with Crippen molar-refractivity contribution in [2.75, 3.05) is 25.6 Å². The summed E-state index contributed by atoms with van der Waals surface area (Å²) < 4.78 is 17.1. The third-order valence-corrected chi connectivity index (χ3v) is 3.45. The van der Waals surface area contributed by atoms with Crippen molar-refractivity contribution in [3.05, 3.63) is 28.9 Å². The van der Waals surface area contributed by atoms with E-state index < -0.39 is 0 Å². The van der Waals surface area contributed by atoms with Crippen molar-refractivity contribution in [1.29, 1.82) is 0 Å². The van der Waals surface area contributed by atoms with Gasteiger partial charge in [0.1, 0.15) is 0 Å². The van der Waals surface area contributed by atoms with Crippen LogP contribution in [0.15, 0.2) is 28.9 Å². The average molecular weight is 352 g/mol. The Hall–Kier alpha value is -2.02. The highest BCUT2D eigenvalue weighted by Crippen LogP contribution is 2.33. The summed E-state index contributed by atoms with van der Waals surface area (Å²) in [6.45, 7) is 1.33. The number of benzene rings is 1. The van der Waals surface area contributed by atoms with E-state index in [2.05, 4.69) is 31.2 Å². The lowest BCUT2D eigenvalue weighted by molar-refractivity contribution is 0.297. The van der Waals surface area contributed by atoms with Gasteiger partial charge in [0.2, 0.25) is 11.8 Å². The Kier molecular flexibility index (Phi) is 4.10. The van der Waals surface area contributed by atoms with Gasteiger partial charge in [0, 0.05) is 18.2 Å². The van der Waals surface area contributed by atoms with Crippen LogP contribution >= 0.6 is 15.9 Å². The summed E-state index contributed by atoms with van der Waals surface area (Å²) in [6.07, 6.45) is 2.52. The van der Waals surface area contributed by atoms with E-state index in [9.17, 15) is 0 Å². The van der Waals surface area contributed by atoms with Gasteiger partial charge < -0.3 is 19.5 Å². The summed E-state index contributed by atoms with van der Waals surface area (Å²) in [5, 5.41) is 3.12. The SMILES string of the molecule is COc1nc(Nc2ccc3c(c2)OCCCO3)ncc1Br. The molecule has 7 heteroatoms. The highest BCUT2D eigenvalue weighted by molar-refractivity contribution is 9.10. The number of rotatable bonds is 3. The lowest BCUT2D eigenvalue weighted by Crippen LogP contribution is -2.00. The van der Waals surface area contributed by atoms with Gasteiger partial charge in [-0.2, -0.15) is 4.98 Å². The summed E-state index contributed by atoms with van der Waals surface area (Å²) in [7, 11) is 1.56. The van der Waals surface area contributed by atoms with Gasteiger partial charge >= 0.3 is 0 Å². The standard InChI is InChI=1S/C14H14BrN3O3/c1-19-13-10(15)8-16-14(18-13)17-9-3-4-11-12(7-9)21-6-2-5-20-11/h3-4,7-8H,2,5-6H2,1H3,(H,16,17,18). The van der Waals surface area contributed by atoms with Gasteiger partial charge in [0.25, 0.3) is 0 Å². The summed E-state index contributed by atoms with van der Waals surface area (Å²) in [5.74, 6) is 2.40. The molecular weight excluding hydrogens is 338 g/mol. The molecule has 3 rings (SSSR count). The van der Waals surface area contributed by atoms with E-state index >= 15 is 0 Å². The minimum Gasteiger partial charge on any atom is -0.490 e. The first-order valence-electron chi connectivity index (χ1n) is 6.49. The number of ether oxygens (including phenoxy) is 3. The van der Waals surface area contributed by atoms with E-state index in [0.717, 1.165) is 23.6 Å². The molecular formula is C14H14BrN3O3. The number of nitrogens with zero attached hydrogens (tertiary/aromatic N) is 2. The minimum absolute atomic E-state index is 0.449. The summed E-state index contributed by atoms with van der Waals surface area (Å²) in [4.78, 5) is 8.44. The maximum atomic E-state index is 5.65. The summed E-state index contributed by atoms with van der Waals surface area (Å²) in [6, 6.07) is 5.64. The molecule has 110 valence electrons. The highest BCUT2D eigenvalue weighted by Gasteiger charge is 2.11. The molecule has 0 saturated heterocycles. The Morgan fingerprint density at radius 3 is 2.86 bits per heavy atom. The fourth-order valence-electron chi connectivity index (χ4n) is 1.93. The van der Waals surface area contributed by atoms with Gasteiger partial charge in [-0.3, -0.25) is 0 Å². The van der Waals surface area contributed by atoms with Gasteiger partial charge in [-0.25, -0.2) is 4.98 Å². The Morgan fingerprint density at radius 1 is 1.24 bits per heavy atom. The topological polar surface area (TPSA) is 65.5 Å². The van der Waals surface area contributed by atoms with Crippen LogP contribution in [0, 0.1) is 0 Å². The molecule has 0 fully saturated rings. The lowest BCUT2D eigenvalue weighted by Gasteiger charge is -2.11. The van der Waals surface area contributed by atoms with Crippen molar-refractivity contribution in [3.8, 4) is 17.4 Å². The molecule has 6 nitrogen and oxygen atoms in total. The predicted molar refractivity (Wildman–Crippen MR) is 81.6 cm³/mol. The maximum Gasteiger partial charge on any atom is 0.232 e. The molecule has 0 aliphatic carbocycles. The summed E-state index contributed by atoms with van der Waals surface area (Å²) in [5.41, 5.74) is 0.823. The first-order valence-corrected chi connectivity index (χ1v) is 7.29. The predicted octanol–water partition coefficient (Wildman–Crippen LogP) is 3.15. The van der Waals surface area contributed by atoms with Gasteiger partial charge in [0.15, 0.2) is 11.5 Å². The number of hydrogen-bond acceptors (Lipinski definition) is 6. The highest BCUT2D eigenvalue weighted by atomic mass is 79.9. The van der Waals surface area contributed by atoms with Crippen molar-refractivity contribution in [2.24, 2.45) is 0 Å². The molecule has 0 saturated carbocycles. The van der Waals surface area contributed by atoms with Crippen LogP contribution in [0.4, 0.5) is 11.6 Å². The van der Waals surface area contributed by atoms with Crippen LogP contribution in [-0.4, -0.2) is 30.3 Å². The van der Waals surface area contributed by atoms with Gasteiger partial charge in [-0.05, 0) is 28.1 Å². The van der Waals surface area contributed by atoms with Gasteiger partial charge in [-0.1, -0.05) is 0 Å². The van der Waals surface area contributed by atoms with Crippen molar-refractivity contribution >= 4 is 27.6 Å². The second kappa shape index (κ2) is 6.17. The van der Waals surface area contributed by atoms with E-state index in [-0.39, 0.29) is 0 Å². The van der Waals surface area contributed by atoms with Crippen LogP contribution in [-0.2, 0) is 0 Å². The number of aromatic nitrogens is 2. The van der Waals surface area contributed by atoms with Crippen LogP contribution < -0.4 is 19.5 Å². The summed E-state index contributed by atoms with van der Waals surface area (Å²) >= 11 is 3.32. The molecule has 2 aromatic rings. The van der Waals surface area contributed by atoms with Crippen LogP contribution in [0.5, 0.6) is 17.4 Å². The molecule has 21 heavy (non-hydrogen) atoms. The first kappa shape index (κ1) is 13.9. The molecule has 1 aliphatic rings. The fourth-order valence-corrected chi connectivity index (χ4v) is 2.28. The second-order valence-corrected chi connectivity index (χ2v) is 5.24. The molecule has 1 aliphatic heterocycles. The van der Waals surface area contributed by atoms with Crippen LogP contribution in [0.3, 0.4) is 0 Å². The van der Waals surface area contributed by atoms with E-state index in [4.69, 9.17) is 14.2 Å². The normalized spacial score (nSPS) is 13.4. The molecule has 0 spiro atoms. The van der Waals surface area contributed by atoms with Crippen LogP contribution in [0.2, 0.25) is 0 Å². The molecule has 0 amide bonds. The zero-order chi connectivity index (χ0) is 14.7. The molecule has 1 aromatic heterocycles. The van der Waals surface area contributed by atoms with E-state index in [1.54, 1.807) is 13.3 Å². The number of anilines is 2. The maximum absolute atomic E-state index is 5.65. The Labute approximate surface area is 130 Å². The number of methoxy groups -OCH3 is 1. The monoisotopic (exact) mass is 351 g/mol. The Balaban J connectivity index is 1.83. The number of fused-ring (bicyclic) bond motifs is 1. The molecule has 0 radical (unpaired) electrons. The number of nitrogens with one attached hydrogen (secondary N) is 1. The van der Waals surface area contributed by atoms with Gasteiger partial charge in [-0.15, -0.1) is 0 Å². The van der Waals surface area contributed by atoms with Crippen molar-refractivity contribution in [2.45, 2.75) is 6.42 Å². The lowest BCUT2D eigenvalue weighted by atomic mass is 10.3. The van der Waals surface area contributed by atoms with Crippen LogP contribution in [0.1, 0.15) is 6.42 Å². The fraction of sp³-hybridized carbons (Fsp3) is 0.286. The second-order valence-electron chi connectivity index (χ2n) is 4.39. The third kappa shape index (κ3) is 3.18. The zero-order valence-corrected chi connectivity index (χ0v) is 13.0. The number of halogens is 1. The van der Waals surface area contributed by atoms with Crippen LogP contribution in [0.25, 0.3) is 0 Å². The van der Waals surface area contributed by atoms with Crippen molar-refractivity contribution in [1.82, 2.24) is 9.97 Å². The molecule has 0 unspecified atom stereocenters. The molecule has 1 aromatic carbocycles. The smallest absolute Gasteiger partial charge is 0.232 e. The first-order chi connectivity index (χ1) is 10.3. The Bertz CT molecular complexity index is 651. The van der Waals surface area contributed by atoms with E-state index in [1.807, 2.05) is 18.2 Å². The molecule has 2 heterocycles. The van der Waals surface area contributed by atoms with Crippen molar-refractivity contribution in [3.63, 3.8) is 0 Å².